The molecule has 5 nitrogen and oxygen atoms in total. The first-order chi connectivity index (χ1) is 12.7. The Labute approximate surface area is 180 Å². The van der Waals surface area contributed by atoms with Crippen molar-refractivity contribution in [1.29, 1.82) is 0 Å². The monoisotopic (exact) mass is 492 g/mol. The van der Waals surface area contributed by atoms with Crippen LogP contribution in [0.15, 0.2) is 23.2 Å². The van der Waals surface area contributed by atoms with Crippen LogP contribution in [0.2, 0.25) is 0 Å². The molecule has 0 aliphatic carbocycles. The maximum absolute atomic E-state index is 14.4. The van der Waals surface area contributed by atoms with Crippen molar-refractivity contribution in [3.8, 4) is 0 Å². The molecule has 1 aromatic carbocycles. The highest BCUT2D eigenvalue weighted by molar-refractivity contribution is 14.0. The minimum absolute atomic E-state index is 0. The molecule has 1 fully saturated rings. The number of morpholine rings is 1. The molecule has 154 valence electrons. The average Bonchev–Trinajstić information content (AvgIpc) is 2.66. The summed E-state index contributed by atoms with van der Waals surface area (Å²) < 4.78 is 19.7. The van der Waals surface area contributed by atoms with E-state index in [0.717, 1.165) is 31.6 Å². The first-order valence-electron chi connectivity index (χ1n) is 9.85. The van der Waals surface area contributed by atoms with Crippen LogP contribution < -0.4 is 16.0 Å². The molecule has 0 amide bonds. The lowest BCUT2D eigenvalue weighted by Crippen LogP contribution is -2.36. The molecule has 0 radical (unpaired) electrons. The van der Waals surface area contributed by atoms with Gasteiger partial charge in [0.15, 0.2) is 5.96 Å². The van der Waals surface area contributed by atoms with Gasteiger partial charge in [0, 0.05) is 19.6 Å². The maximum atomic E-state index is 14.4. The number of hydrogen-bond acceptors (Lipinski definition) is 3. The van der Waals surface area contributed by atoms with Crippen molar-refractivity contribution in [1.82, 2.24) is 5.32 Å². The Morgan fingerprint density at radius 1 is 1.19 bits per heavy atom. The van der Waals surface area contributed by atoms with Gasteiger partial charge in [0.2, 0.25) is 0 Å². The van der Waals surface area contributed by atoms with E-state index in [1.54, 1.807) is 6.07 Å². The molecule has 1 aliphatic heterocycles. The van der Waals surface area contributed by atoms with E-state index < -0.39 is 0 Å². The van der Waals surface area contributed by atoms with Crippen LogP contribution in [-0.2, 0) is 11.3 Å². The summed E-state index contributed by atoms with van der Waals surface area (Å²) in [4.78, 5) is 6.32. The molecule has 0 spiro atoms. The minimum Gasteiger partial charge on any atom is -0.378 e. The van der Waals surface area contributed by atoms with Crippen LogP contribution in [0, 0.1) is 5.82 Å². The quantitative estimate of drug-likeness (QED) is 0.224. The number of ether oxygens (including phenoxy) is 1. The molecular weight excluding hydrogens is 458 g/mol. The lowest BCUT2D eigenvalue weighted by Gasteiger charge is -2.29. The van der Waals surface area contributed by atoms with Crippen LogP contribution in [0.25, 0.3) is 0 Å². The fourth-order valence-electron chi connectivity index (χ4n) is 3.06. The average molecular weight is 492 g/mol. The molecule has 27 heavy (non-hydrogen) atoms. The molecule has 1 aromatic rings. The number of nitrogens with zero attached hydrogens (tertiary/aromatic N) is 2. The van der Waals surface area contributed by atoms with Gasteiger partial charge in [0.05, 0.1) is 25.4 Å². The van der Waals surface area contributed by atoms with Gasteiger partial charge in [-0.3, -0.25) is 0 Å². The third-order valence-electron chi connectivity index (χ3n) is 4.63. The Morgan fingerprint density at radius 3 is 2.59 bits per heavy atom. The molecule has 0 unspecified atom stereocenters. The van der Waals surface area contributed by atoms with E-state index in [2.05, 4.69) is 17.2 Å². The number of guanidine groups is 1. The minimum atomic E-state index is -0.210. The summed E-state index contributed by atoms with van der Waals surface area (Å²) in [7, 11) is 0. The van der Waals surface area contributed by atoms with E-state index in [9.17, 15) is 4.39 Å². The highest BCUT2D eigenvalue weighted by Crippen LogP contribution is 2.21. The second kappa shape index (κ2) is 14.0. The third kappa shape index (κ3) is 9.10. The second-order valence-corrected chi connectivity index (χ2v) is 6.78. The van der Waals surface area contributed by atoms with Crippen LogP contribution in [0.3, 0.4) is 0 Å². The standard InChI is InChI=1S/C20H33FN4O.HI/c1-2-3-4-5-6-7-10-23-20(22)24-16-17-8-9-19(18(21)15-17)25-11-13-26-14-12-25;/h8-9,15H,2-7,10-14,16H2,1H3,(H3,22,23,24);1H. The molecule has 2 rings (SSSR count). The molecule has 1 heterocycles. The van der Waals surface area contributed by atoms with Gasteiger partial charge < -0.3 is 20.7 Å². The zero-order valence-electron chi connectivity index (χ0n) is 16.4. The fourth-order valence-corrected chi connectivity index (χ4v) is 3.06. The van der Waals surface area contributed by atoms with Crippen molar-refractivity contribution in [3.05, 3.63) is 29.6 Å². The second-order valence-electron chi connectivity index (χ2n) is 6.78. The van der Waals surface area contributed by atoms with E-state index in [1.165, 1.54) is 32.1 Å². The molecular formula is C20H34FIN4O. The van der Waals surface area contributed by atoms with E-state index in [4.69, 9.17) is 10.5 Å². The van der Waals surface area contributed by atoms with E-state index >= 15 is 0 Å². The predicted octanol–water partition coefficient (Wildman–Crippen LogP) is 4.05. The van der Waals surface area contributed by atoms with Gasteiger partial charge in [0.25, 0.3) is 0 Å². The molecule has 0 aromatic heterocycles. The van der Waals surface area contributed by atoms with Gasteiger partial charge in [-0.05, 0) is 24.1 Å². The van der Waals surface area contributed by atoms with Crippen molar-refractivity contribution in [2.75, 3.05) is 37.7 Å². The Hall–Kier alpha value is -1.09. The summed E-state index contributed by atoms with van der Waals surface area (Å²) in [5.41, 5.74) is 7.35. The maximum Gasteiger partial charge on any atom is 0.188 e. The SMILES string of the molecule is CCCCCCCCNC(N)=NCc1ccc(N2CCOCC2)c(F)c1.I. The smallest absolute Gasteiger partial charge is 0.188 e. The topological polar surface area (TPSA) is 62.9 Å². The van der Waals surface area contributed by atoms with Crippen LogP contribution in [0.4, 0.5) is 10.1 Å². The van der Waals surface area contributed by atoms with Crippen LogP contribution in [0.5, 0.6) is 0 Å². The van der Waals surface area contributed by atoms with Gasteiger partial charge in [-0.2, -0.15) is 0 Å². The summed E-state index contributed by atoms with van der Waals surface area (Å²) in [5.74, 6) is 0.217. The molecule has 7 heteroatoms. The molecule has 0 bridgehead atoms. The summed E-state index contributed by atoms with van der Waals surface area (Å²) in [6, 6.07) is 5.29. The number of benzene rings is 1. The van der Waals surface area contributed by atoms with Gasteiger partial charge in [-0.25, -0.2) is 9.38 Å². The predicted molar refractivity (Wildman–Crippen MR) is 122 cm³/mol. The van der Waals surface area contributed by atoms with Gasteiger partial charge in [-0.15, -0.1) is 24.0 Å². The largest absolute Gasteiger partial charge is 0.378 e. The zero-order valence-corrected chi connectivity index (χ0v) is 18.7. The highest BCUT2D eigenvalue weighted by Gasteiger charge is 2.15. The third-order valence-corrected chi connectivity index (χ3v) is 4.63. The Balaban J connectivity index is 0.00000364. The van der Waals surface area contributed by atoms with Gasteiger partial charge in [0.1, 0.15) is 5.82 Å². The van der Waals surface area contributed by atoms with Crippen LogP contribution in [0.1, 0.15) is 51.0 Å². The van der Waals surface area contributed by atoms with Crippen molar-refractivity contribution in [3.63, 3.8) is 0 Å². The van der Waals surface area contributed by atoms with Crippen molar-refractivity contribution in [2.45, 2.75) is 52.0 Å². The first-order valence-corrected chi connectivity index (χ1v) is 9.85. The number of unbranched alkanes of at least 4 members (excludes halogenated alkanes) is 5. The van der Waals surface area contributed by atoms with Gasteiger partial charge in [-0.1, -0.05) is 45.1 Å². The van der Waals surface area contributed by atoms with Crippen LogP contribution in [-0.4, -0.2) is 38.8 Å². The number of anilines is 1. The molecule has 1 aliphatic rings. The molecule has 1 saturated heterocycles. The van der Waals surface area contributed by atoms with Crippen LogP contribution >= 0.6 is 24.0 Å². The number of nitrogens with two attached hydrogens (primary N) is 1. The van der Waals surface area contributed by atoms with Crippen molar-refractivity contribution >= 4 is 35.6 Å². The van der Waals surface area contributed by atoms with Crippen molar-refractivity contribution in [2.24, 2.45) is 10.7 Å². The fraction of sp³-hybridized carbons (Fsp3) is 0.650. The Morgan fingerprint density at radius 2 is 1.89 bits per heavy atom. The number of rotatable bonds is 10. The number of aliphatic imine (C=N–C) groups is 1. The molecule has 3 N–H and O–H groups in total. The van der Waals surface area contributed by atoms with E-state index in [1.807, 2.05) is 17.0 Å². The zero-order chi connectivity index (χ0) is 18.6. The lowest BCUT2D eigenvalue weighted by atomic mass is 10.1. The number of nitrogens with one attached hydrogen (secondary N) is 1. The van der Waals surface area contributed by atoms with Gasteiger partial charge >= 0.3 is 0 Å². The Kier molecular flexibility index (Phi) is 12.4. The summed E-state index contributed by atoms with van der Waals surface area (Å²) in [6.07, 6.45) is 7.49. The first kappa shape index (κ1) is 23.9. The Bertz CT molecular complexity index is 565. The molecule has 0 atom stereocenters. The summed E-state index contributed by atoms with van der Waals surface area (Å²) >= 11 is 0. The highest BCUT2D eigenvalue weighted by atomic mass is 127. The molecule has 0 saturated carbocycles. The van der Waals surface area contributed by atoms with E-state index in [0.29, 0.717) is 31.4 Å². The van der Waals surface area contributed by atoms with Crippen molar-refractivity contribution < 1.29 is 9.13 Å². The summed E-state index contributed by atoms with van der Waals surface area (Å²) in [5, 5.41) is 3.13. The summed E-state index contributed by atoms with van der Waals surface area (Å²) in [6.45, 7) is 6.19. The van der Waals surface area contributed by atoms with E-state index in [-0.39, 0.29) is 29.8 Å². The number of hydrogen-bond donors (Lipinski definition) is 2. The lowest BCUT2D eigenvalue weighted by molar-refractivity contribution is 0.122. The normalized spacial score (nSPS) is 14.7. The number of halogens is 2.